The molecule has 0 amide bonds. The first-order valence-corrected chi connectivity index (χ1v) is 33.8. The van der Waals surface area contributed by atoms with Gasteiger partial charge >= 0.3 is 0 Å². The van der Waals surface area contributed by atoms with Gasteiger partial charge in [-0.25, -0.2) is 17.6 Å². The minimum Gasteiger partial charge on any atom is -0.497 e. The van der Waals surface area contributed by atoms with Gasteiger partial charge in [0.15, 0.2) is 0 Å². The van der Waals surface area contributed by atoms with Gasteiger partial charge < -0.3 is 33.2 Å². The molecule has 2 saturated heterocycles. The van der Waals surface area contributed by atoms with E-state index in [0.29, 0.717) is 46.7 Å². The highest BCUT2D eigenvalue weighted by Crippen LogP contribution is 2.52. The third-order valence-corrected chi connectivity index (χ3v) is 13.7. The number of hydrogen-bond acceptors (Lipinski definition) is 7. The van der Waals surface area contributed by atoms with Crippen LogP contribution in [0.4, 0.5) is 17.6 Å². The van der Waals surface area contributed by atoms with Crippen LogP contribution in [0.1, 0.15) is 318 Å². The van der Waals surface area contributed by atoms with Crippen molar-refractivity contribution in [3.8, 4) is 5.75 Å². The van der Waals surface area contributed by atoms with E-state index in [1.54, 1.807) is 27.9 Å². The quantitative estimate of drug-likeness (QED) is 0.263. The summed E-state index contributed by atoms with van der Waals surface area (Å²) in [5.41, 5.74) is 2.59. The van der Waals surface area contributed by atoms with Gasteiger partial charge in [-0.3, -0.25) is 0 Å². The summed E-state index contributed by atoms with van der Waals surface area (Å²) in [6, 6.07) is 8.21. The summed E-state index contributed by atoms with van der Waals surface area (Å²) >= 11 is 0. The highest BCUT2D eigenvalue weighted by atomic mass is 19.3. The summed E-state index contributed by atoms with van der Waals surface area (Å²) in [4.78, 5) is 0. The summed E-state index contributed by atoms with van der Waals surface area (Å²) in [5, 5.41) is 0. The molecule has 0 atom stereocenters. The molecule has 522 valence electrons. The number of alkyl halides is 4. The topological polar surface area (TPSA) is 64.6 Å². The minimum atomic E-state index is -2.46. The Morgan fingerprint density at radius 2 is 0.782 bits per heavy atom. The van der Waals surface area contributed by atoms with Crippen LogP contribution in [0.15, 0.2) is 24.3 Å². The molecule has 0 N–H and O–H groups in total. The molecule has 4 saturated carbocycles. The maximum atomic E-state index is 13.1. The Morgan fingerprint density at radius 1 is 0.448 bits per heavy atom. The molecule has 0 radical (unpaired) electrons. The number of rotatable bonds is 6. The summed E-state index contributed by atoms with van der Waals surface area (Å²) < 4.78 is 88.5. The van der Waals surface area contributed by atoms with Crippen molar-refractivity contribution < 1.29 is 50.7 Å². The van der Waals surface area contributed by atoms with Crippen LogP contribution in [0.2, 0.25) is 0 Å². The van der Waals surface area contributed by atoms with E-state index in [0.717, 1.165) is 63.5 Å². The molecule has 1 aromatic carbocycles. The van der Waals surface area contributed by atoms with E-state index in [-0.39, 0.29) is 52.7 Å². The lowest BCUT2D eigenvalue weighted by Gasteiger charge is -2.38. The van der Waals surface area contributed by atoms with Crippen molar-refractivity contribution in [2.24, 2.45) is 44.8 Å². The van der Waals surface area contributed by atoms with Gasteiger partial charge in [-0.15, -0.1) is 0 Å². The Bertz CT molecular complexity index is 1820. The van der Waals surface area contributed by atoms with E-state index >= 15 is 0 Å². The predicted molar refractivity (Wildman–Crippen MR) is 368 cm³/mol. The highest BCUT2D eigenvalue weighted by molar-refractivity contribution is 5.32. The molecule has 7 nitrogen and oxygen atoms in total. The minimum absolute atomic E-state index is 0.00199. The molecule has 0 spiro atoms. The van der Waals surface area contributed by atoms with Gasteiger partial charge in [0, 0.05) is 57.2 Å². The maximum absolute atomic E-state index is 13.1. The molecule has 11 heteroatoms. The van der Waals surface area contributed by atoms with Crippen LogP contribution in [0.3, 0.4) is 0 Å². The van der Waals surface area contributed by atoms with Crippen molar-refractivity contribution >= 4 is 0 Å². The van der Waals surface area contributed by atoms with Crippen LogP contribution in [0.25, 0.3) is 0 Å². The van der Waals surface area contributed by atoms with E-state index in [1.165, 1.54) is 50.5 Å². The number of hydrogen-bond donors (Lipinski definition) is 0. The molecular weight excluding hydrogens is 1100 g/mol. The van der Waals surface area contributed by atoms with Crippen molar-refractivity contribution in [3.63, 3.8) is 0 Å². The van der Waals surface area contributed by atoms with Crippen LogP contribution < -0.4 is 4.74 Å². The zero-order chi connectivity index (χ0) is 69.1. The van der Waals surface area contributed by atoms with Crippen LogP contribution in [0.5, 0.6) is 5.75 Å². The van der Waals surface area contributed by atoms with Gasteiger partial charge in [-0.05, 0) is 217 Å². The Balaban J connectivity index is -0.000000911. The third kappa shape index (κ3) is 56.9. The Kier molecular flexibility index (Phi) is 39.8. The van der Waals surface area contributed by atoms with E-state index in [2.05, 4.69) is 192 Å². The number of benzene rings is 1. The smallest absolute Gasteiger partial charge is 0.255 e. The standard InChI is InChI=1S/C11H16O.C9H18O2.C9H18O.C8H14F2O.C8H14F2.C8H16O.C7H14.C6H14O.2C5H12/c1-11(2,3)9-6-5-7-10(8-9)12-4;1-9(2,3)11-8-4-6-10-7-5-8;1-9(2,3)8-4-6-10-7-5-8;1-7(2,3)11-6-4-8(9,10)5-6;1-7(2,3)8(9,10)6-4-5-6;1-8(2,3)9-7-5-4-6-7;1-7(2,3)6-4-5-6;1-5-7-6(2,3)4;2*1-5(2,3)4/h5-8H,1-4H3;8H,4-7H2,1-3H3;8H,4-7H2,1-3H3;6H,4-5H2,1-3H3;6H,4-5H2,1-3H3;7H,4-6H2,1-3H3;6H,4-5H2,1-3H3;5H2,1-4H3;2*1-4H3. The van der Waals surface area contributed by atoms with Crippen LogP contribution >= 0.6 is 0 Å². The fourth-order valence-electron chi connectivity index (χ4n) is 8.57. The molecule has 7 rings (SSSR count). The molecule has 2 aliphatic heterocycles. The van der Waals surface area contributed by atoms with Gasteiger partial charge in [0.1, 0.15) is 5.75 Å². The second-order valence-corrected chi connectivity index (χ2v) is 36.5. The summed E-state index contributed by atoms with van der Waals surface area (Å²) in [6.45, 7) is 73.8. The molecule has 4 aliphatic carbocycles. The van der Waals surface area contributed by atoms with Crippen molar-refractivity contribution in [2.45, 2.75) is 370 Å². The van der Waals surface area contributed by atoms with Gasteiger partial charge in [0.05, 0.1) is 47.8 Å². The van der Waals surface area contributed by atoms with Crippen molar-refractivity contribution in [1.29, 1.82) is 0 Å². The molecule has 87 heavy (non-hydrogen) atoms. The number of methoxy groups -OCH3 is 1. The number of halogens is 4. The van der Waals surface area contributed by atoms with Crippen LogP contribution in [-0.2, 0) is 33.8 Å². The maximum Gasteiger partial charge on any atom is 0.255 e. The van der Waals surface area contributed by atoms with Gasteiger partial charge in [0.25, 0.3) is 11.8 Å². The van der Waals surface area contributed by atoms with Crippen LogP contribution in [-0.4, -0.2) is 92.7 Å². The fourth-order valence-corrected chi connectivity index (χ4v) is 8.57. The average molecular weight is 1250 g/mol. The van der Waals surface area contributed by atoms with E-state index in [9.17, 15) is 17.6 Å². The normalized spacial score (nSPS) is 19.0. The lowest BCUT2D eigenvalue weighted by atomic mass is 9.76. The molecule has 0 unspecified atom stereocenters. The zero-order valence-electron chi connectivity index (χ0n) is 63.9. The van der Waals surface area contributed by atoms with Crippen molar-refractivity contribution in [2.75, 3.05) is 40.1 Å². The molecule has 0 aromatic heterocycles. The summed E-state index contributed by atoms with van der Waals surface area (Å²) in [7, 11) is 1.70. The molecule has 6 aliphatic rings. The van der Waals surface area contributed by atoms with Crippen molar-refractivity contribution in [1.82, 2.24) is 0 Å². The van der Waals surface area contributed by atoms with Gasteiger partial charge in [-0.1, -0.05) is 151 Å². The monoisotopic (exact) mass is 1250 g/mol. The van der Waals surface area contributed by atoms with Gasteiger partial charge in [0.2, 0.25) is 0 Å². The second-order valence-electron chi connectivity index (χ2n) is 36.5. The van der Waals surface area contributed by atoms with E-state index in [1.807, 2.05) is 39.8 Å². The zero-order valence-corrected chi connectivity index (χ0v) is 63.9. The van der Waals surface area contributed by atoms with Gasteiger partial charge in [-0.2, -0.15) is 0 Å². The van der Waals surface area contributed by atoms with E-state index in [4.69, 9.17) is 33.2 Å². The SMILES string of the molecule is CC(C)(C)C.CC(C)(C)C.CC(C)(C)C(F)(F)C1CC1.CC(C)(C)C1CC1.CC(C)(C)C1CCOCC1.CC(C)(C)OC1CC(F)(F)C1.CC(C)(C)OC1CCC1.CC(C)(C)OC1CCOCC1.CCOC(C)(C)C.COc1cccc(C(C)(C)C)c1. The summed E-state index contributed by atoms with van der Waals surface area (Å²) in [5.74, 6) is -2.38. The predicted octanol–water partition coefficient (Wildman–Crippen LogP) is 23.8. The third-order valence-electron chi connectivity index (χ3n) is 13.7. The molecule has 0 bridgehead atoms. The second kappa shape index (κ2) is 38.6. The Morgan fingerprint density at radius 3 is 0.977 bits per heavy atom. The highest BCUT2D eigenvalue weighted by Gasteiger charge is 2.54. The molecular formula is C76H148F4O7. The van der Waals surface area contributed by atoms with Crippen molar-refractivity contribution in [3.05, 3.63) is 29.8 Å². The first-order valence-electron chi connectivity index (χ1n) is 33.8. The fraction of sp³-hybridized carbons (Fsp3) is 0.921. The first kappa shape index (κ1) is 89.7. The van der Waals surface area contributed by atoms with Crippen LogP contribution in [0, 0.1) is 44.8 Å². The average Bonchev–Trinajstić information content (AvgIpc) is 2.20. The number of ether oxygens (including phenoxy) is 7. The lowest BCUT2D eigenvalue weighted by molar-refractivity contribution is -0.197. The Labute approximate surface area is 538 Å². The first-order chi connectivity index (χ1) is 38.6. The lowest BCUT2D eigenvalue weighted by Crippen LogP contribution is -2.44. The molecule has 6 fully saturated rings. The van der Waals surface area contributed by atoms with E-state index < -0.39 is 17.3 Å². The Hall–Kier alpha value is -1.50. The summed E-state index contributed by atoms with van der Waals surface area (Å²) in [6.07, 6.45) is 13.5. The largest absolute Gasteiger partial charge is 0.497 e. The molecule has 2 heterocycles. The molecule has 1 aromatic rings.